The molecule has 1 amide bonds. The number of likely N-dealkylation sites (tertiary alicyclic amines) is 1. The predicted molar refractivity (Wildman–Crippen MR) is 119 cm³/mol. The minimum absolute atomic E-state index is 0.0797. The van der Waals surface area contributed by atoms with Gasteiger partial charge in [0.05, 0.1) is 12.6 Å². The highest BCUT2D eigenvalue weighted by Gasteiger charge is 2.27. The van der Waals surface area contributed by atoms with Gasteiger partial charge in [0.25, 0.3) is 0 Å². The Hall–Kier alpha value is -2.61. The van der Waals surface area contributed by atoms with Crippen molar-refractivity contribution in [2.24, 2.45) is 0 Å². The molecule has 0 aromatic heterocycles. The van der Waals surface area contributed by atoms with Crippen LogP contribution in [0.15, 0.2) is 48.5 Å². The third-order valence-electron chi connectivity index (χ3n) is 5.44. The number of hydrogen-bond acceptors (Lipinski definition) is 3. The zero-order valence-electron chi connectivity index (χ0n) is 17.5. The maximum atomic E-state index is 12.8. The van der Waals surface area contributed by atoms with Crippen molar-refractivity contribution in [1.29, 1.82) is 0 Å². The van der Waals surface area contributed by atoms with E-state index in [1.165, 1.54) is 11.1 Å². The fourth-order valence-electron chi connectivity index (χ4n) is 4.01. The third-order valence-corrected chi connectivity index (χ3v) is 5.44. The van der Waals surface area contributed by atoms with Crippen LogP contribution in [0.5, 0.6) is 0 Å². The molecule has 0 bridgehead atoms. The van der Waals surface area contributed by atoms with Gasteiger partial charge >= 0.3 is 0 Å². The Morgan fingerprint density at radius 3 is 2.66 bits per heavy atom. The molecule has 3 rings (SSSR count). The fourth-order valence-corrected chi connectivity index (χ4v) is 4.01. The van der Waals surface area contributed by atoms with Gasteiger partial charge in [0.2, 0.25) is 5.91 Å². The van der Waals surface area contributed by atoms with Crippen LogP contribution in [0.4, 0.5) is 0 Å². The molecule has 1 saturated heterocycles. The number of carbonyl (C=O) groups excluding carboxylic acids is 1. The van der Waals surface area contributed by atoms with Gasteiger partial charge in [0.1, 0.15) is 0 Å². The van der Waals surface area contributed by atoms with E-state index in [9.17, 15) is 4.79 Å². The Morgan fingerprint density at radius 2 is 1.93 bits per heavy atom. The highest BCUT2D eigenvalue weighted by molar-refractivity contribution is 5.82. The number of terminal acetylenes is 1. The van der Waals surface area contributed by atoms with Crippen molar-refractivity contribution in [3.05, 3.63) is 59.7 Å². The summed E-state index contributed by atoms with van der Waals surface area (Å²) in [4.78, 5) is 17.1. The average Bonchev–Trinajstić information content (AvgIpc) is 2.73. The lowest BCUT2D eigenvalue weighted by molar-refractivity contribution is -0.127. The minimum Gasteiger partial charge on any atom is -0.351 e. The maximum absolute atomic E-state index is 12.8. The Kier molecular flexibility index (Phi) is 7.46. The predicted octanol–water partition coefficient (Wildman–Crippen LogP) is 3.52. The van der Waals surface area contributed by atoms with Crippen LogP contribution in [0.1, 0.15) is 30.4 Å². The van der Waals surface area contributed by atoms with Crippen LogP contribution in [-0.4, -0.2) is 48.9 Å². The molecule has 0 spiro atoms. The summed E-state index contributed by atoms with van der Waals surface area (Å²) in [6.07, 6.45) is 8.55. The van der Waals surface area contributed by atoms with E-state index < -0.39 is 0 Å². The van der Waals surface area contributed by atoms with Gasteiger partial charge in [-0.05, 0) is 55.7 Å². The molecular formula is C25H31N3O. The molecule has 1 aliphatic rings. The molecule has 1 N–H and O–H groups in total. The highest BCUT2D eigenvalue weighted by atomic mass is 16.2. The second-order valence-corrected chi connectivity index (χ2v) is 8.00. The molecule has 0 saturated carbocycles. The Morgan fingerprint density at radius 1 is 1.17 bits per heavy atom. The second kappa shape index (κ2) is 10.2. The summed E-state index contributed by atoms with van der Waals surface area (Å²) in [5, 5.41) is 3.15. The van der Waals surface area contributed by atoms with Gasteiger partial charge in [-0.2, -0.15) is 0 Å². The molecule has 4 nitrogen and oxygen atoms in total. The minimum atomic E-state index is -0.114. The Bertz CT molecular complexity index is 851. The molecule has 1 unspecified atom stereocenters. The van der Waals surface area contributed by atoms with E-state index in [-0.39, 0.29) is 11.9 Å². The lowest BCUT2D eigenvalue weighted by Gasteiger charge is -2.33. The van der Waals surface area contributed by atoms with Crippen LogP contribution < -0.4 is 5.32 Å². The zero-order chi connectivity index (χ0) is 20.6. The van der Waals surface area contributed by atoms with Crippen LogP contribution >= 0.6 is 0 Å². The summed E-state index contributed by atoms with van der Waals surface area (Å²) < 4.78 is 0. The van der Waals surface area contributed by atoms with Crippen molar-refractivity contribution in [2.45, 2.75) is 38.4 Å². The molecule has 1 aliphatic heterocycles. The quantitative estimate of drug-likeness (QED) is 0.736. The lowest BCUT2D eigenvalue weighted by Crippen LogP contribution is -2.49. The van der Waals surface area contributed by atoms with Gasteiger partial charge in [-0.15, -0.1) is 6.42 Å². The fraction of sp³-hybridized carbons (Fsp3) is 0.400. The summed E-state index contributed by atoms with van der Waals surface area (Å²) in [6, 6.07) is 16.8. The van der Waals surface area contributed by atoms with E-state index >= 15 is 0 Å². The van der Waals surface area contributed by atoms with Gasteiger partial charge in [-0.25, -0.2) is 0 Å². The molecule has 152 valence electrons. The number of benzene rings is 2. The topological polar surface area (TPSA) is 35.6 Å². The van der Waals surface area contributed by atoms with Crippen LogP contribution in [0.3, 0.4) is 0 Å². The molecule has 4 heteroatoms. The molecular weight excluding hydrogens is 358 g/mol. The maximum Gasteiger partial charge on any atom is 0.237 e. The van der Waals surface area contributed by atoms with Crippen molar-refractivity contribution < 1.29 is 4.79 Å². The second-order valence-electron chi connectivity index (χ2n) is 8.00. The number of amides is 1. The molecule has 0 aliphatic carbocycles. The molecule has 1 heterocycles. The van der Waals surface area contributed by atoms with E-state index in [1.54, 1.807) is 0 Å². The van der Waals surface area contributed by atoms with E-state index in [0.717, 1.165) is 43.5 Å². The molecule has 29 heavy (non-hydrogen) atoms. The molecule has 0 radical (unpaired) electrons. The van der Waals surface area contributed by atoms with Crippen LogP contribution in [0.25, 0.3) is 11.1 Å². The first-order valence-electron chi connectivity index (χ1n) is 10.4. The van der Waals surface area contributed by atoms with Crippen molar-refractivity contribution in [3.63, 3.8) is 0 Å². The summed E-state index contributed by atoms with van der Waals surface area (Å²) in [5.41, 5.74) is 4.74. The van der Waals surface area contributed by atoms with Gasteiger partial charge in [0, 0.05) is 13.1 Å². The van der Waals surface area contributed by atoms with Crippen molar-refractivity contribution in [1.82, 2.24) is 15.1 Å². The number of nitrogens with zero attached hydrogens (tertiary/aromatic N) is 2. The first-order chi connectivity index (χ1) is 14.1. The molecule has 1 fully saturated rings. The molecule has 2 aromatic rings. The summed E-state index contributed by atoms with van der Waals surface area (Å²) in [7, 11) is 4.14. The summed E-state index contributed by atoms with van der Waals surface area (Å²) >= 11 is 0. The van der Waals surface area contributed by atoms with Crippen molar-refractivity contribution in [3.8, 4) is 23.5 Å². The van der Waals surface area contributed by atoms with E-state index in [2.05, 4.69) is 71.5 Å². The van der Waals surface area contributed by atoms with E-state index in [1.807, 2.05) is 12.1 Å². The number of hydrogen-bond donors (Lipinski definition) is 1. The standard InChI is InChI=1S/C25H31N3O/c1-4-16-28-17-8-7-11-24(28)25(29)26-18-22-9-5-6-10-23(22)21-14-12-20(13-15-21)19-27(2)3/h1,5-6,9-10,12-15,24H,7-8,11,16-19H2,2-3H3,(H,26,29). The lowest BCUT2D eigenvalue weighted by atomic mass is 9.98. The zero-order valence-corrected chi connectivity index (χ0v) is 17.5. The first-order valence-corrected chi connectivity index (χ1v) is 10.4. The van der Waals surface area contributed by atoms with Crippen LogP contribution in [0, 0.1) is 12.3 Å². The van der Waals surface area contributed by atoms with Crippen molar-refractivity contribution >= 4 is 5.91 Å². The largest absolute Gasteiger partial charge is 0.351 e. The number of carbonyl (C=O) groups is 1. The summed E-state index contributed by atoms with van der Waals surface area (Å²) in [5.74, 6) is 2.77. The van der Waals surface area contributed by atoms with Gasteiger partial charge < -0.3 is 10.2 Å². The van der Waals surface area contributed by atoms with Crippen LogP contribution in [-0.2, 0) is 17.9 Å². The third kappa shape index (κ3) is 5.69. The number of nitrogens with one attached hydrogen (secondary N) is 1. The normalized spacial score (nSPS) is 17.1. The molecule has 2 aromatic carbocycles. The Labute approximate surface area is 174 Å². The van der Waals surface area contributed by atoms with Gasteiger partial charge in [0.15, 0.2) is 0 Å². The van der Waals surface area contributed by atoms with Crippen molar-refractivity contribution in [2.75, 3.05) is 27.2 Å². The monoisotopic (exact) mass is 389 g/mol. The number of piperidine rings is 1. The SMILES string of the molecule is C#CCN1CCCCC1C(=O)NCc1ccccc1-c1ccc(CN(C)C)cc1. The average molecular weight is 390 g/mol. The van der Waals surface area contributed by atoms with E-state index in [4.69, 9.17) is 6.42 Å². The molecule has 1 atom stereocenters. The first kappa shape index (κ1) is 21.1. The van der Waals surface area contributed by atoms with E-state index in [0.29, 0.717) is 13.1 Å². The summed E-state index contributed by atoms with van der Waals surface area (Å²) in [6.45, 7) is 2.88. The number of rotatable bonds is 7. The highest BCUT2D eigenvalue weighted by Crippen LogP contribution is 2.25. The smallest absolute Gasteiger partial charge is 0.237 e. The van der Waals surface area contributed by atoms with Gasteiger partial charge in [-0.3, -0.25) is 9.69 Å². The van der Waals surface area contributed by atoms with Gasteiger partial charge in [-0.1, -0.05) is 60.9 Å². The van der Waals surface area contributed by atoms with Crippen LogP contribution in [0.2, 0.25) is 0 Å². The Balaban J connectivity index is 1.69.